The Labute approximate surface area is 261 Å². The van der Waals surface area contributed by atoms with Gasteiger partial charge in [-0.25, -0.2) is 14.6 Å². The van der Waals surface area contributed by atoms with Gasteiger partial charge >= 0.3 is 11.9 Å². The van der Waals surface area contributed by atoms with Crippen molar-refractivity contribution in [2.75, 3.05) is 0 Å². The predicted octanol–water partition coefficient (Wildman–Crippen LogP) is 5.47. The topological polar surface area (TPSA) is 151 Å². The van der Waals surface area contributed by atoms with Gasteiger partial charge in [-0.15, -0.1) is 20.4 Å². The van der Waals surface area contributed by atoms with Crippen LogP contribution in [0, 0.1) is 6.92 Å². The molecule has 12 nitrogen and oxygen atoms in total. The van der Waals surface area contributed by atoms with E-state index in [1.165, 1.54) is 0 Å². The van der Waals surface area contributed by atoms with E-state index in [1.54, 1.807) is 60.7 Å². The zero-order chi connectivity index (χ0) is 31.5. The number of ether oxygens (including phenoxy) is 2. The average Bonchev–Trinajstić information content (AvgIpc) is 3.76. The zero-order valence-electron chi connectivity index (χ0n) is 24.4. The second-order valence-electron chi connectivity index (χ2n) is 10.2. The molecule has 0 bridgehead atoms. The van der Waals surface area contributed by atoms with Crippen LogP contribution in [0.1, 0.15) is 32.1 Å². The molecule has 4 aromatic carbocycles. The predicted molar refractivity (Wildman–Crippen MR) is 167 cm³/mol. The molecule has 0 aliphatic rings. The molecule has 0 amide bonds. The first-order chi connectivity index (χ1) is 22.6. The highest BCUT2D eigenvalue weighted by Gasteiger charge is 2.25. The van der Waals surface area contributed by atoms with Crippen molar-refractivity contribution in [1.29, 1.82) is 0 Å². The number of aromatic nitrogens is 8. The summed E-state index contributed by atoms with van der Waals surface area (Å²) >= 11 is 0. The van der Waals surface area contributed by atoms with E-state index in [0.29, 0.717) is 34.8 Å². The van der Waals surface area contributed by atoms with Crippen LogP contribution in [0.4, 0.5) is 0 Å². The highest BCUT2D eigenvalue weighted by atomic mass is 16.6. The highest BCUT2D eigenvalue weighted by Crippen LogP contribution is 2.35. The molecule has 3 aromatic heterocycles. The van der Waals surface area contributed by atoms with E-state index in [4.69, 9.17) is 14.5 Å². The molecular weight excluding hydrogens is 584 g/mol. The Morgan fingerprint density at radius 2 is 1.24 bits per heavy atom. The third kappa shape index (κ3) is 5.46. The minimum absolute atomic E-state index is 0.0753. The number of carbonyl (C=O) groups excluding carboxylic acids is 2. The molecule has 0 atom stereocenters. The number of H-pyrrole nitrogens is 1. The highest BCUT2D eigenvalue weighted by molar-refractivity contribution is 5.96. The van der Waals surface area contributed by atoms with Crippen molar-refractivity contribution in [2.45, 2.75) is 13.5 Å². The van der Waals surface area contributed by atoms with Crippen LogP contribution in [0.15, 0.2) is 109 Å². The van der Waals surface area contributed by atoms with Gasteiger partial charge in [0.2, 0.25) is 5.82 Å². The van der Waals surface area contributed by atoms with Gasteiger partial charge in [-0.05, 0) is 53.1 Å². The van der Waals surface area contributed by atoms with Gasteiger partial charge in [0, 0.05) is 5.56 Å². The van der Waals surface area contributed by atoms with Crippen molar-refractivity contribution in [2.24, 2.45) is 0 Å². The lowest BCUT2D eigenvalue weighted by Crippen LogP contribution is -2.14. The lowest BCUT2D eigenvalue weighted by Gasteiger charge is -2.15. The van der Waals surface area contributed by atoms with Crippen molar-refractivity contribution < 1.29 is 19.1 Å². The van der Waals surface area contributed by atoms with Gasteiger partial charge in [0.25, 0.3) is 11.8 Å². The Bertz CT molecular complexity index is 2180. The molecular formula is C34H24N8O4. The number of hydrogen-bond donors (Lipinski definition) is 1. The number of imidazole rings is 1. The lowest BCUT2D eigenvalue weighted by atomic mass is 9.95. The maximum atomic E-state index is 13.1. The van der Waals surface area contributed by atoms with Gasteiger partial charge in [-0.1, -0.05) is 84.9 Å². The number of nitrogens with one attached hydrogen (secondary N) is 1. The van der Waals surface area contributed by atoms with E-state index in [-0.39, 0.29) is 17.3 Å². The Morgan fingerprint density at radius 3 is 1.89 bits per heavy atom. The fourth-order valence-electron chi connectivity index (χ4n) is 5.17. The molecule has 0 radical (unpaired) electrons. The number of carbonyl (C=O) groups is 2. The Balaban J connectivity index is 1.34. The van der Waals surface area contributed by atoms with E-state index in [0.717, 1.165) is 22.3 Å². The summed E-state index contributed by atoms with van der Waals surface area (Å²) in [6, 6.07) is 32.8. The minimum atomic E-state index is -0.624. The zero-order valence-corrected chi connectivity index (χ0v) is 24.4. The number of aryl methyl sites for hydroxylation is 1. The quantitative estimate of drug-likeness (QED) is 0.220. The smallest absolute Gasteiger partial charge is 0.344 e. The molecule has 0 spiro atoms. The normalized spacial score (nSPS) is 11.0. The van der Waals surface area contributed by atoms with Gasteiger partial charge in [-0.3, -0.25) is 0 Å². The van der Waals surface area contributed by atoms with E-state index in [9.17, 15) is 9.59 Å². The molecule has 0 saturated heterocycles. The molecule has 46 heavy (non-hydrogen) atoms. The first-order valence-electron chi connectivity index (χ1n) is 14.3. The van der Waals surface area contributed by atoms with Gasteiger partial charge in [-0.2, -0.15) is 5.21 Å². The van der Waals surface area contributed by atoms with Crippen molar-refractivity contribution in [3.8, 4) is 34.3 Å². The monoisotopic (exact) mass is 608 g/mol. The van der Waals surface area contributed by atoms with Crippen LogP contribution in [-0.4, -0.2) is 52.3 Å². The number of benzene rings is 4. The summed E-state index contributed by atoms with van der Waals surface area (Å²) in [5.74, 6) is -0.412. The van der Waals surface area contributed by atoms with Crippen LogP contribution in [0.25, 0.3) is 33.5 Å². The summed E-state index contributed by atoms with van der Waals surface area (Å²) in [5.41, 5.74) is 4.77. The summed E-state index contributed by atoms with van der Waals surface area (Å²) in [5, 5.41) is 22.9. The fourth-order valence-corrected chi connectivity index (χ4v) is 5.17. The molecule has 12 heteroatoms. The van der Waals surface area contributed by atoms with Crippen molar-refractivity contribution in [1.82, 2.24) is 40.4 Å². The summed E-state index contributed by atoms with van der Waals surface area (Å²) < 4.78 is 13.3. The van der Waals surface area contributed by atoms with Gasteiger partial charge in [0.1, 0.15) is 11.3 Å². The summed E-state index contributed by atoms with van der Waals surface area (Å²) in [6.07, 6.45) is 0. The fraction of sp³-hybridized carbons (Fsp3) is 0.0588. The van der Waals surface area contributed by atoms with Crippen molar-refractivity contribution >= 4 is 23.0 Å². The van der Waals surface area contributed by atoms with Gasteiger partial charge in [0.15, 0.2) is 5.52 Å². The van der Waals surface area contributed by atoms with Gasteiger partial charge < -0.3 is 14.0 Å². The van der Waals surface area contributed by atoms with Crippen LogP contribution in [0.3, 0.4) is 0 Å². The number of rotatable bonds is 8. The molecule has 7 aromatic rings. The number of aromatic amines is 1. The maximum absolute atomic E-state index is 13.1. The van der Waals surface area contributed by atoms with E-state index in [2.05, 4.69) is 30.8 Å². The van der Waals surface area contributed by atoms with E-state index >= 15 is 0 Å². The standard InChI is InChI=1S/C34H24N8O4/c1-21-35-28-29(42(21)20-24-16-8-9-17-25(24)26-18-10-11-19-27(26)30-36-40-41-37-30)32(46-34(44)23-14-6-3-7-15-23)39-38-31(28)45-33(43)22-12-4-2-5-13-22/h2-19H,20H2,1H3,(H,36,37,40,41). The van der Waals surface area contributed by atoms with Crippen LogP contribution < -0.4 is 9.47 Å². The first-order valence-corrected chi connectivity index (χ1v) is 14.3. The molecule has 0 aliphatic carbocycles. The maximum Gasteiger partial charge on any atom is 0.344 e. The minimum Gasteiger partial charge on any atom is -0.400 e. The molecule has 0 unspecified atom stereocenters. The molecule has 7 rings (SSSR count). The average molecular weight is 609 g/mol. The second kappa shape index (κ2) is 12.2. The third-order valence-electron chi connectivity index (χ3n) is 7.34. The lowest BCUT2D eigenvalue weighted by molar-refractivity contribution is 0.0708. The Hall–Kier alpha value is -6.56. The molecule has 0 saturated carbocycles. The molecule has 0 aliphatic heterocycles. The third-order valence-corrected chi connectivity index (χ3v) is 7.34. The summed E-state index contributed by atoms with van der Waals surface area (Å²) in [6.45, 7) is 2.11. The van der Waals surface area contributed by atoms with E-state index in [1.807, 2.05) is 60.0 Å². The number of esters is 2. The van der Waals surface area contributed by atoms with Gasteiger partial charge in [0.05, 0.1) is 17.7 Å². The number of hydrogen-bond acceptors (Lipinski definition) is 10. The molecule has 224 valence electrons. The Kier molecular flexibility index (Phi) is 7.49. The first kappa shape index (κ1) is 28.2. The van der Waals surface area contributed by atoms with Crippen molar-refractivity contribution in [3.05, 3.63) is 132 Å². The second-order valence-corrected chi connectivity index (χ2v) is 10.2. The van der Waals surface area contributed by atoms with E-state index < -0.39 is 11.9 Å². The Morgan fingerprint density at radius 1 is 0.674 bits per heavy atom. The van der Waals surface area contributed by atoms with Crippen LogP contribution in [0.5, 0.6) is 11.8 Å². The molecule has 0 fully saturated rings. The number of nitrogens with zero attached hydrogens (tertiary/aromatic N) is 7. The summed E-state index contributed by atoms with van der Waals surface area (Å²) in [7, 11) is 0. The number of tetrazole rings is 1. The molecule has 3 heterocycles. The summed E-state index contributed by atoms with van der Waals surface area (Å²) in [4.78, 5) is 30.9. The van der Waals surface area contributed by atoms with Crippen molar-refractivity contribution in [3.63, 3.8) is 0 Å². The molecule has 1 N–H and O–H groups in total. The largest absolute Gasteiger partial charge is 0.400 e. The van der Waals surface area contributed by atoms with Crippen LogP contribution >= 0.6 is 0 Å². The van der Waals surface area contributed by atoms with Crippen LogP contribution in [-0.2, 0) is 6.54 Å². The SMILES string of the molecule is Cc1nc2c(OC(=O)c3ccccc3)nnc(OC(=O)c3ccccc3)c2n1Cc1ccccc1-c1ccccc1-c1nn[nH]n1. The number of fused-ring (bicyclic) bond motifs is 1. The van der Waals surface area contributed by atoms with Crippen LogP contribution in [0.2, 0.25) is 0 Å².